The molecule has 1 saturated heterocycles. The van der Waals surface area contributed by atoms with Gasteiger partial charge in [-0.2, -0.15) is 0 Å². The molecule has 0 spiro atoms. The van der Waals surface area contributed by atoms with E-state index in [-0.39, 0.29) is 5.91 Å². The molecule has 1 amide bonds. The number of aromatic nitrogens is 3. The van der Waals surface area contributed by atoms with E-state index in [1.165, 1.54) is 12.8 Å². The van der Waals surface area contributed by atoms with Crippen LogP contribution >= 0.6 is 0 Å². The van der Waals surface area contributed by atoms with Crippen molar-refractivity contribution < 1.29 is 4.79 Å². The lowest BCUT2D eigenvalue weighted by Crippen LogP contribution is -2.40. The molecular weight excluding hydrogens is 300 g/mol. The van der Waals surface area contributed by atoms with Gasteiger partial charge < -0.3 is 4.90 Å². The summed E-state index contributed by atoms with van der Waals surface area (Å²) < 4.78 is 0. The van der Waals surface area contributed by atoms with Crippen LogP contribution in [0.2, 0.25) is 0 Å². The predicted octanol–water partition coefficient (Wildman–Crippen LogP) is 2.84. The molecular formula is C19H22N4O. The van der Waals surface area contributed by atoms with Gasteiger partial charge in [0.15, 0.2) is 0 Å². The maximum Gasteiger partial charge on any atom is 0.256 e. The van der Waals surface area contributed by atoms with Gasteiger partial charge in [-0.1, -0.05) is 6.07 Å². The second-order valence-electron chi connectivity index (χ2n) is 6.89. The van der Waals surface area contributed by atoms with E-state index in [0.29, 0.717) is 17.4 Å². The maximum atomic E-state index is 12.7. The smallest absolute Gasteiger partial charge is 0.256 e. The van der Waals surface area contributed by atoms with Crippen LogP contribution in [-0.2, 0) is 6.42 Å². The molecule has 0 bridgehead atoms. The van der Waals surface area contributed by atoms with Crippen molar-refractivity contribution in [2.75, 3.05) is 13.1 Å². The molecule has 4 rings (SSSR count). The van der Waals surface area contributed by atoms with Crippen LogP contribution in [0.4, 0.5) is 0 Å². The molecule has 5 nitrogen and oxygen atoms in total. The number of piperidine rings is 1. The van der Waals surface area contributed by atoms with Gasteiger partial charge in [-0.15, -0.1) is 0 Å². The maximum absolute atomic E-state index is 12.7. The highest BCUT2D eigenvalue weighted by Gasteiger charge is 2.28. The Bertz CT molecular complexity index is 697. The first-order valence-electron chi connectivity index (χ1n) is 8.81. The fourth-order valence-corrected chi connectivity index (χ4v) is 3.41. The zero-order valence-corrected chi connectivity index (χ0v) is 13.8. The van der Waals surface area contributed by atoms with Gasteiger partial charge in [0.2, 0.25) is 0 Å². The quantitative estimate of drug-likeness (QED) is 0.868. The molecule has 0 aromatic carbocycles. The number of likely N-dealkylation sites (tertiary alicyclic amines) is 1. The summed E-state index contributed by atoms with van der Waals surface area (Å²) in [6.07, 6.45) is 10.7. The lowest BCUT2D eigenvalue weighted by Gasteiger charge is -2.32. The molecule has 1 aliphatic heterocycles. The second-order valence-corrected chi connectivity index (χ2v) is 6.89. The largest absolute Gasteiger partial charge is 0.338 e. The molecule has 24 heavy (non-hydrogen) atoms. The Kier molecular flexibility index (Phi) is 4.24. The molecule has 1 atom stereocenters. The first-order valence-corrected chi connectivity index (χ1v) is 8.81. The molecule has 5 heteroatoms. The van der Waals surface area contributed by atoms with E-state index in [4.69, 9.17) is 0 Å². The van der Waals surface area contributed by atoms with Gasteiger partial charge in [-0.05, 0) is 50.2 Å². The Morgan fingerprint density at radius 2 is 1.96 bits per heavy atom. The average molecular weight is 322 g/mol. The minimum Gasteiger partial charge on any atom is -0.338 e. The number of amides is 1. The summed E-state index contributed by atoms with van der Waals surface area (Å²) in [4.78, 5) is 27.8. The molecule has 124 valence electrons. The molecule has 0 N–H and O–H groups in total. The number of carbonyl (C=O) groups is 1. The van der Waals surface area contributed by atoms with E-state index in [0.717, 1.165) is 43.9 Å². The predicted molar refractivity (Wildman–Crippen MR) is 90.6 cm³/mol. The summed E-state index contributed by atoms with van der Waals surface area (Å²) in [6, 6.07) is 6.02. The van der Waals surface area contributed by atoms with Crippen LogP contribution in [0, 0.1) is 5.92 Å². The van der Waals surface area contributed by atoms with Crippen molar-refractivity contribution in [2.24, 2.45) is 5.92 Å². The van der Waals surface area contributed by atoms with E-state index in [1.54, 1.807) is 12.4 Å². The van der Waals surface area contributed by atoms with Gasteiger partial charge in [-0.3, -0.25) is 9.78 Å². The third kappa shape index (κ3) is 3.45. The fourth-order valence-electron chi connectivity index (χ4n) is 3.41. The lowest BCUT2D eigenvalue weighted by molar-refractivity contribution is 0.0672. The molecule has 1 unspecified atom stereocenters. The molecule has 2 aromatic rings. The average Bonchev–Trinajstić information content (AvgIpc) is 3.48. The van der Waals surface area contributed by atoms with Gasteiger partial charge in [0, 0.05) is 43.3 Å². The summed E-state index contributed by atoms with van der Waals surface area (Å²) in [5, 5.41) is 0. The van der Waals surface area contributed by atoms with Crippen LogP contribution < -0.4 is 0 Å². The van der Waals surface area contributed by atoms with Gasteiger partial charge in [0.25, 0.3) is 5.91 Å². The van der Waals surface area contributed by atoms with Crippen LogP contribution in [0.25, 0.3) is 0 Å². The van der Waals surface area contributed by atoms with Crippen LogP contribution in [0.1, 0.15) is 53.5 Å². The van der Waals surface area contributed by atoms with E-state index >= 15 is 0 Å². The summed E-state index contributed by atoms with van der Waals surface area (Å²) >= 11 is 0. The van der Waals surface area contributed by atoms with Gasteiger partial charge >= 0.3 is 0 Å². The summed E-state index contributed by atoms with van der Waals surface area (Å²) in [7, 11) is 0. The molecule has 0 radical (unpaired) electrons. The van der Waals surface area contributed by atoms with Crippen molar-refractivity contribution in [1.82, 2.24) is 19.9 Å². The third-order valence-corrected chi connectivity index (χ3v) is 4.89. The van der Waals surface area contributed by atoms with Crippen molar-refractivity contribution in [3.63, 3.8) is 0 Å². The number of hydrogen-bond donors (Lipinski definition) is 0. The SMILES string of the molecule is O=C(c1cnc(C2CC2)nc1)N1CCCC(Cc2ccccn2)C1. The standard InChI is InChI=1S/C19H22N4O/c24-19(16-11-21-18(22-12-16)15-6-7-15)23-9-3-4-14(13-23)10-17-5-1-2-8-20-17/h1-2,5,8,11-12,14-15H,3-4,6-7,9-10,13H2. The summed E-state index contributed by atoms with van der Waals surface area (Å²) in [6.45, 7) is 1.61. The zero-order chi connectivity index (χ0) is 16.4. The summed E-state index contributed by atoms with van der Waals surface area (Å²) in [5.74, 6) is 1.94. The normalized spacial score (nSPS) is 20.8. The highest BCUT2D eigenvalue weighted by atomic mass is 16.2. The first-order chi connectivity index (χ1) is 11.8. The topological polar surface area (TPSA) is 59.0 Å². The van der Waals surface area contributed by atoms with Crippen molar-refractivity contribution in [1.29, 1.82) is 0 Å². The van der Waals surface area contributed by atoms with E-state index in [9.17, 15) is 4.79 Å². The number of pyridine rings is 1. The Labute approximate surface area is 142 Å². The van der Waals surface area contributed by atoms with Crippen molar-refractivity contribution in [2.45, 2.75) is 38.0 Å². The van der Waals surface area contributed by atoms with Crippen molar-refractivity contribution >= 4 is 5.91 Å². The molecule has 3 heterocycles. The molecule has 2 aromatic heterocycles. The van der Waals surface area contributed by atoms with E-state index < -0.39 is 0 Å². The monoisotopic (exact) mass is 322 g/mol. The fraction of sp³-hybridized carbons (Fsp3) is 0.474. The lowest BCUT2D eigenvalue weighted by atomic mass is 9.93. The van der Waals surface area contributed by atoms with Crippen LogP contribution in [0.5, 0.6) is 0 Å². The number of carbonyl (C=O) groups excluding carboxylic acids is 1. The van der Waals surface area contributed by atoms with Gasteiger partial charge in [0.1, 0.15) is 5.82 Å². The van der Waals surface area contributed by atoms with Crippen LogP contribution in [-0.4, -0.2) is 38.8 Å². The minimum absolute atomic E-state index is 0.0584. The van der Waals surface area contributed by atoms with E-state index in [1.807, 2.05) is 23.2 Å². The van der Waals surface area contributed by atoms with Crippen LogP contribution in [0.15, 0.2) is 36.8 Å². The highest BCUT2D eigenvalue weighted by Crippen LogP contribution is 2.37. The molecule has 2 fully saturated rings. The highest BCUT2D eigenvalue weighted by molar-refractivity contribution is 5.93. The first kappa shape index (κ1) is 15.2. The Balaban J connectivity index is 1.40. The number of nitrogens with zero attached hydrogens (tertiary/aromatic N) is 4. The molecule has 2 aliphatic rings. The summed E-state index contributed by atoms with van der Waals surface area (Å²) in [5.41, 5.74) is 1.71. The zero-order valence-electron chi connectivity index (χ0n) is 13.8. The van der Waals surface area contributed by atoms with Gasteiger partial charge in [-0.25, -0.2) is 9.97 Å². The Morgan fingerprint density at radius 3 is 2.67 bits per heavy atom. The minimum atomic E-state index is 0.0584. The third-order valence-electron chi connectivity index (χ3n) is 4.89. The second kappa shape index (κ2) is 6.67. The van der Waals surface area contributed by atoms with Gasteiger partial charge in [0.05, 0.1) is 5.56 Å². The van der Waals surface area contributed by atoms with E-state index in [2.05, 4.69) is 21.0 Å². The molecule has 1 aliphatic carbocycles. The molecule has 1 saturated carbocycles. The van der Waals surface area contributed by atoms with Crippen molar-refractivity contribution in [3.8, 4) is 0 Å². The Morgan fingerprint density at radius 1 is 1.12 bits per heavy atom. The van der Waals surface area contributed by atoms with Crippen LogP contribution in [0.3, 0.4) is 0 Å². The number of rotatable bonds is 4. The Hall–Kier alpha value is -2.30. The number of hydrogen-bond acceptors (Lipinski definition) is 4. The van der Waals surface area contributed by atoms with Crippen molar-refractivity contribution in [3.05, 3.63) is 53.9 Å².